The van der Waals surface area contributed by atoms with Crippen molar-refractivity contribution >= 4 is 15.8 Å². The second-order valence-electron chi connectivity index (χ2n) is 5.31. The number of benzene rings is 2. The Hall–Kier alpha value is -2.38. The van der Waals surface area contributed by atoms with E-state index in [9.17, 15) is 18.3 Å². The zero-order valence-electron chi connectivity index (χ0n) is 12.4. The molecule has 0 radical (unpaired) electrons. The molecule has 0 aliphatic rings. The average Bonchev–Trinajstić information content (AvgIpc) is 2.47. The van der Waals surface area contributed by atoms with Crippen LogP contribution in [0.25, 0.3) is 0 Å². The van der Waals surface area contributed by atoms with Gasteiger partial charge in [0.2, 0.25) is 9.84 Å². The SMILES string of the molecule is C[C@@H](N)Cc1ccc(S(=O)(=O)c2ccc(O)c(C(=O)O)c2)cc1. The van der Waals surface area contributed by atoms with Gasteiger partial charge in [0.1, 0.15) is 11.3 Å². The van der Waals surface area contributed by atoms with Crippen LogP contribution in [0.1, 0.15) is 22.8 Å². The van der Waals surface area contributed by atoms with Gasteiger partial charge >= 0.3 is 5.97 Å². The minimum atomic E-state index is -3.86. The highest BCUT2D eigenvalue weighted by atomic mass is 32.2. The van der Waals surface area contributed by atoms with E-state index < -0.39 is 27.1 Å². The predicted octanol–water partition coefficient (Wildman–Crippen LogP) is 1.81. The highest BCUT2D eigenvalue weighted by Crippen LogP contribution is 2.26. The molecule has 0 heterocycles. The molecule has 2 aromatic carbocycles. The first-order valence-electron chi connectivity index (χ1n) is 6.87. The van der Waals surface area contributed by atoms with Crippen molar-refractivity contribution in [2.45, 2.75) is 29.2 Å². The monoisotopic (exact) mass is 335 g/mol. The lowest BCUT2D eigenvalue weighted by atomic mass is 10.1. The van der Waals surface area contributed by atoms with Crippen LogP contribution in [0.2, 0.25) is 0 Å². The minimum absolute atomic E-state index is 0.0346. The van der Waals surface area contributed by atoms with E-state index in [1.54, 1.807) is 12.1 Å². The molecule has 6 nitrogen and oxygen atoms in total. The molecular formula is C16H17NO5S. The minimum Gasteiger partial charge on any atom is -0.507 e. The molecule has 0 aromatic heterocycles. The van der Waals surface area contributed by atoms with Gasteiger partial charge in [-0.05, 0) is 49.2 Å². The number of carbonyl (C=O) groups is 1. The Morgan fingerprint density at radius 3 is 2.22 bits per heavy atom. The Morgan fingerprint density at radius 2 is 1.70 bits per heavy atom. The van der Waals surface area contributed by atoms with E-state index in [1.807, 2.05) is 6.92 Å². The van der Waals surface area contributed by atoms with Gasteiger partial charge in [-0.1, -0.05) is 12.1 Å². The molecule has 0 saturated carbocycles. The molecule has 7 heteroatoms. The third-order valence-electron chi connectivity index (χ3n) is 3.30. The first-order valence-corrected chi connectivity index (χ1v) is 8.36. The van der Waals surface area contributed by atoms with Gasteiger partial charge in [0.15, 0.2) is 0 Å². The smallest absolute Gasteiger partial charge is 0.339 e. The summed E-state index contributed by atoms with van der Waals surface area (Å²) in [6, 6.07) is 9.41. The summed E-state index contributed by atoms with van der Waals surface area (Å²) in [5.74, 6) is -1.88. The number of sulfone groups is 1. The van der Waals surface area contributed by atoms with Gasteiger partial charge in [0.25, 0.3) is 0 Å². The lowest BCUT2D eigenvalue weighted by molar-refractivity contribution is 0.0693. The maximum absolute atomic E-state index is 12.6. The van der Waals surface area contributed by atoms with Crippen LogP contribution in [0.15, 0.2) is 52.3 Å². The summed E-state index contributed by atoms with van der Waals surface area (Å²) in [6.45, 7) is 1.86. The number of rotatable bonds is 5. The summed E-state index contributed by atoms with van der Waals surface area (Å²) in [5, 5.41) is 18.5. The van der Waals surface area contributed by atoms with Crippen molar-refractivity contribution in [1.82, 2.24) is 0 Å². The second-order valence-corrected chi connectivity index (χ2v) is 7.26. The lowest BCUT2D eigenvalue weighted by Gasteiger charge is -2.09. The quantitative estimate of drug-likeness (QED) is 0.767. The van der Waals surface area contributed by atoms with Crippen LogP contribution in [0.4, 0.5) is 0 Å². The average molecular weight is 335 g/mol. The summed E-state index contributed by atoms with van der Waals surface area (Å²) in [6.07, 6.45) is 0.628. The summed E-state index contributed by atoms with van der Waals surface area (Å²) in [5.41, 5.74) is 6.16. The largest absolute Gasteiger partial charge is 0.507 e. The third-order valence-corrected chi connectivity index (χ3v) is 5.07. The van der Waals surface area contributed by atoms with E-state index in [0.717, 1.165) is 17.7 Å². The molecule has 122 valence electrons. The molecule has 0 bridgehead atoms. The highest BCUT2D eigenvalue weighted by Gasteiger charge is 2.21. The number of carboxylic acid groups (broad SMARTS) is 1. The van der Waals surface area contributed by atoms with E-state index in [4.69, 9.17) is 10.8 Å². The first kappa shape index (κ1) is 17.0. The van der Waals surface area contributed by atoms with Gasteiger partial charge in [0.05, 0.1) is 9.79 Å². The number of hydrogen-bond donors (Lipinski definition) is 3. The van der Waals surface area contributed by atoms with E-state index >= 15 is 0 Å². The van der Waals surface area contributed by atoms with E-state index in [2.05, 4.69) is 0 Å². The highest BCUT2D eigenvalue weighted by molar-refractivity contribution is 7.91. The van der Waals surface area contributed by atoms with Crippen LogP contribution in [-0.4, -0.2) is 30.6 Å². The number of phenols is 1. The van der Waals surface area contributed by atoms with Crippen molar-refractivity contribution in [2.75, 3.05) is 0 Å². The maximum atomic E-state index is 12.6. The number of nitrogens with two attached hydrogens (primary N) is 1. The van der Waals surface area contributed by atoms with Crippen molar-refractivity contribution in [2.24, 2.45) is 5.73 Å². The fraction of sp³-hybridized carbons (Fsp3) is 0.188. The van der Waals surface area contributed by atoms with Crippen molar-refractivity contribution in [3.8, 4) is 5.75 Å². The topological polar surface area (TPSA) is 118 Å². The van der Waals surface area contributed by atoms with Gasteiger partial charge in [-0.25, -0.2) is 13.2 Å². The van der Waals surface area contributed by atoms with Crippen LogP contribution < -0.4 is 5.73 Å². The van der Waals surface area contributed by atoms with E-state index in [0.29, 0.717) is 6.42 Å². The zero-order valence-corrected chi connectivity index (χ0v) is 13.2. The predicted molar refractivity (Wildman–Crippen MR) is 84.3 cm³/mol. The van der Waals surface area contributed by atoms with Crippen LogP contribution in [-0.2, 0) is 16.3 Å². The zero-order chi connectivity index (χ0) is 17.2. The van der Waals surface area contributed by atoms with Crippen LogP contribution in [0.3, 0.4) is 0 Å². The fourth-order valence-corrected chi connectivity index (χ4v) is 3.45. The third kappa shape index (κ3) is 3.69. The Balaban J connectivity index is 2.42. The first-order chi connectivity index (χ1) is 10.7. The van der Waals surface area contributed by atoms with Gasteiger partial charge in [-0.15, -0.1) is 0 Å². The van der Waals surface area contributed by atoms with Gasteiger partial charge < -0.3 is 15.9 Å². The van der Waals surface area contributed by atoms with Crippen molar-refractivity contribution in [3.63, 3.8) is 0 Å². The molecule has 0 fully saturated rings. The number of aromatic hydroxyl groups is 1. The van der Waals surface area contributed by atoms with Gasteiger partial charge in [-0.3, -0.25) is 0 Å². The molecule has 0 amide bonds. The van der Waals surface area contributed by atoms with Crippen molar-refractivity contribution in [1.29, 1.82) is 0 Å². The van der Waals surface area contributed by atoms with Gasteiger partial charge in [0, 0.05) is 6.04 Å². The molecule has 0 saturated heterocycles. The Morgan fingerprint density at radius 1 is 1.13 bits per heavy atom. The van der Waals surface area contributed by atoms with Crippen molar-refractivity contribution in [3.05, 3.63) is 53.6 Å². The molecule has 0 aliphatic carbocycles. The molecule has 23 heavy (non-hydrogen) atoms. The Labute approximate surface area is 134 Å². The van der Waals surface area contributed by atoms with E-state index in [-0.39, 0.29) is 15.8 Å². The number of hydrogen-bond acceptors (Lipinski definition) is 5. The summed E-state index contributed by atoms with van der Waals surface area (Å²) in [4.78, 5) is 10.9. The van der Waals surface area contributed by atoms with Crippen LogP contribution in [0.5, 0.6) is 5.75 Å². The number of carboxylic acids is 1. The summed E-state index contributed by atoms with van der Waals surface area (Å²) < 4.78 is 25.1. The second kappa shape index (κ2) is 6.39. The lowest BCUT2D eigenvalue weighted by Crippen LogP contribution is -2.17. The molecule has 0 aliphatic heterocycles. The number of aromatic carboxylic acids is 1. The molecule has 0 unspecified atom stereocenters. The van der Waals surface area contributed by atoms with E-state index in [1.165, 1.54) is 18.2 Å². The Bertz CT molecular complexity index is 826. The molecule has 4 N–H and O–H groups in total. The maximum Gasteiger partial charge on any atom is 0.339 e. The molecule has 2 aromatic rings. The molecule has 0 spiro atoms. The standard InChI is InChI=1S/C16H17NO5S/c1-10(17)8-11-2-4-12(5-3-11)23(21,22)13-6-7-15(18)14(9-13)16(19)20/h2-7,9-10,18H,8,17H2,1H3,(H,19,20)/t10-/m1/s1. The summed E-state index contributed by atoms with van der Waals surface area (Å²) >= 11 is 0. The molecular weight excluding hydrogens is 318 g/mol. The van der Waals surface area contributed by atoms with Crippen molar-refractivity contribution < 1.29 is 23.4 Å². The summed E-state index contributed by atoms with van der Waals surface area (Å²) in [7, 11) is -3.86. The molecule has 1 atom stereocenters. The molecule has 2 rings (SSSR count). The Kier molecular flexibility index (Phi) is 4.72. The van der Waals surface area contributed by atoms with Crippen LogP contribution in [0, 0.1) is 0 Å². The van der Waals surface area contributed by atoms with Crippen LogP contribution >= 0.6 is 0 Å². The normalized spacial score (nSPS) is 12.8. The van der Waals surface area contributed by atoms with Gasteiger partial charge in [-0.2, -0.15) is 0 Å². The fourth-order valence-electron chi connectivity index (χ4n) is 2.17.